The van der Waals surface area contributed by atoms with Crippen LogP contribution in [0.4, 0.5) is 5.69 Å². The van der Waals surface area contributed by atoms with Crippen LogP contribution in [0.3, 0.4) is 0 Å². The second kappa shape index (κ2) is 10.0. The highest BCUT2D eigenvalue weighted by Gasteiger charge is 2.24. The molecule has 0 unspecified atom stereocenters. The topological polar surface area (TPSA) is 77.8 Å². The van der Waals surface area contributed by atoms with Crippen molar-refractivity contribution in [2.24, 2.45) is 0 Å². The molecule has 0 saturated carbocycles. The first-order valence-electron chi connectivity index (χ1n) is 10.9. The third-order valence-corrected chi connectivity index (χ3v) is 5.47. The second-order valence-corrected chi connectivity index (χ2v) is 8.21. The van der Waals surface area contributed by atoms with Gasteiger partial charge in [0.2, 0.25) is 11.2 Å². The Bertz CT molecular complexity index is 1390. The number of hydrogen-bond acceptors (Lipinski definition) is 5. The summed E-state index contributed by atoms with van der Waals surface area (Å²) in [5, 5.41) is 3.47. The molecule has 0 radical (unpaired) electrons. The molecule has 34 heavy (non-hydrogen) atoms. The smallest absolute Gasteiger partial charge is 0.265 e. The highest BCUT2D eigenvalue weighted by Crippen LogP contribution is 2.33. The first kappa shape index (κ1) is 23.4. The Hall–Kier alpha value is -3.77. The minimum Gasteiger partial charge on any atom is -0.492 e. The fraction of sp³-hybridized carbons (Fsp3) is 0.185. The number of anilines is 1. The first-order chi connectivity index (χ1) is 16.4. The van der Waals surface area contributed by atoms with Crippen LogP contribution < -0.4 is 20.2 Å². The predicted octanol–water partition coefficient (Wildman–Crippen LogP) is 6.23. The van der Waals surface area contributed by atoms with E-state index in [4.69, 9.17) is 25.5 Å². The lowest BCUT2D eigenvalue weighted by Gasteiger charge is -2.18. The Morgan fingerprint density at radius 3 is 2.56 bits per heavy atom. The molecule has 0 fully saturated rings. The van der Waals surface area contributed by atoms with E-state index in [1.165, 1.54) is 6.07 Å². The van der Waals surface area contributed by atoms with Gasteiger partial charge >= 0.3 is 0 Å². The Morgan fingerprint density at radius 1 is 1.09 bits per heavy atom. The number of rotatable bonds is 7. The molecule has 0 spiro atoms. The van der Waals surface area contributed by atoms with Gasteiger partial charge in [0.15, 0.2) is 11.9 Å². The Balaban J connectivity index is 1.72. The molecule has 174 valence electrons. The number of para-hydroxylation sites is 2. The Labute approximate surface area is 202 Å². The molecule has 1 atom stereocenters. The lowest BCUT2D eigenvalue weighted by molar-refractivity contribution is -0.122. The van der Waals surface area contributed by atoms with Crippen LogP contribution in [-0.4, -0.2) is 18.6 Å². The highest BCUT2D eigenvalue weighted by atomic mass is 35.5. The molecule has 6 nitrogen and oxygen atoms in total. The molecule has 1 heterocycles. The largest absolute Gasteiger partial charge is 0.492 e. The first-order valence-corrected chi connectivity index (χ1v) is 11.3. The number of amides is 1. The fourth-order valence-corrected chi connectivity index (χ4v) is 3.64. The SMILES string of the molecule is CCOc1ccccc1NC(=O)[C@@H](C)Oc1c(-c2ccc(C)cc2)oc2ccc(Cl)cc2c1=O. The van der Waals surface area contributed by atoms with Gasteiger partial charge in [-0.25, -0.2) is 0 Å². The number of nitrogens with one attached hydrogen (secondary N) is 1. The average Bonchev–Trinajstić information content (AvgIpc) is 2.83. The van der Waals surface area contributed by atoms with Crippen molar-refractivity contribution in [1.82, 2.24) is 0 Å². The number of carbonyl (C=O) groups is 1. The van der Waals surface area contributed by atoms with E-state index < -0.39 is 17.4 Å². The highest BCUT2D eigenvalue weighted by molar-refractivity contribution is 6.31. The lowest BCUT2D eigenvalue weighted by Crippen LogP contribution is -2.32. The maximum Gasteiger partial charge on any atom is 0.265 e. The van der Waals surface area contributed by atoms with Gasteiger partial charge in [-0.05, 0) is 51.1 Å². The van der Waals surface area contributed by atoms with E-state index in [0.29, 0.717) is 34.2 Å². The van der Waals surface area contributed by atoms with Crippen molar-refractivity contribution in [3.05, 3.63) is 87.5 Å². The normalized spacial score (nSPS) is 11.8. The predicted molar refractivity (Wildman–Crippen MR) is 134 cm³/mol. The molecular formula is C27H24ClNO5. The second-order valence-electron chi connectivity index (χ2n) is 7.77. The molecule has 0 aliphatic heterocycles. The van der Waals surface area contributed by atoms with E-state index in [1.54, 1.807) is 37.3 Å². The summed E-state index contributed by atoms with van der Waals surface area (Å²) in [6.07, 6.45) is -1.00. The number of hydrogen-bond donors (Lipinski definition) is 1. The fourth-order valence-electron chi connectivity index (χ4n) is 3.47. The van der Waals surface area contributed by atoms with Crippen LogP contribution in [-0.2, 0) is 4.79 Å². The molecule has 7 heteroatoms. The summed E-state index contributed by atoms with van der Waals surface area (Å²) in [7, 11) is 0. The van der Waals surface area contributed by atoms with E-state index in [0.717, 1.165) is 5.56 Å². The van der Waals surface area contributed by atoms with E-state index in [1.807, 2.05) is 44.2 Å². The maximum atomic E-state index is 13.4. The maximum absolute atomic E-state index is 13.4. The van der Waals surface area contributed by atoms with Crippen molar-refractivity contribution < 1.29 is 18.7 Å². The van der Waals surface area contributed by atoms with Gasteiger partial charge in [0, 0.05) is 10.6 Å². The molecule has 0 aliphatic rings. The number of carbonyl (C=O) groups excluding carboxylic acids is 1. The van der Waals surface area contributed by atoms with Crippen molar-refractivity contribution in [2.75, 3.05) is 11.9 Å². The lowest BCUT2D eigenvalue weighted by atomic mass is 10.1. The van der Waals surface area contributed by atoms with Crippen molar-refractivity contribution in [3.63, 3.8) is 0 Å². The standard InChI is InChI=1S/C27H24ClNO5/c1-4-32-23-8-6-5-7-21(23)29-27(31)17(3)33-26-24(30)20-15-19(28)13-14-22(20)34-25(26)18-11-9-16(2)10-12-18/h5-15,17H,4H2,1-3H3,(H,29,31)/t17-/m1/s1. The average molecular weight is 478 g/mol. The molecule has 1 aromatic heterocycles. The zero-order chi connectivity index (χ0) is 24.2. The minimum absolute atomic E-state index is 0.0561. The molecule has 0 aliphatic carbocycles. The Kier molecular flexibility index (Phi) is 6.89. The number of aryl methyl sites for hydroxylation is 1. The van der Waals surface area contributed by atoms with Crippen molar-refractivity contribution >= 4 is 34.2 Å². The summed E-state index contributed by atoms with van der Waals surface area (Å²) >= 11 is 6.11. The van der Waals surface area contributed by atoms with Crippen molar-refractivity contribution in [1.29, 1.82) is 0 Å². The summed E-state index contributed by atoms with van der Waals surface area (Å²) < 4.78 is 17.6. The van der Waals surface area contributed by atoms with Crippen LogP contribution in [0.2, 0.25) is 5.02 Å². The zero-order valence-corrected chi connectivity index (χ0v) is 19.8. The van der Waals surface area contributed by atoms with E-state index in [9.17, 15) is 9.59 Å². The molecule has 3 aromatic carbocycles. The van der Waals surface area contributed by atoms with Crippen molar-refractivity contribution in [2.45, 2.75) is 26.9 Å². The number of ether oxygens (including phenoxy) is 2. The number of halogens is 1. The monoisotopic (exact) mass is 477 g/mol. The van der Waals surface area contributed by atoms with E-state index in [-0.39, 0.29) is 16.9 Å². The molecule has 4 rings (SSSR count). The van der Waals surface area contributed by atoms with Gasteiger partial charge in [0.1, 0.15) is 11.3 Å². The van der Waals surface area contributed by atoms with Crippen LogP contribution >= 0.6 is 11.6 Å². The van der Waals surface area contributed by atoms with Crippen LogP contribution in [0.5, 0.6) is 11.5 Å². The van der Waals surface area contributed by atoms with Crippen LogP contribution in [0, 0.1) is 6.92 Å². The van der Waals surface area contributed by atoms with Gasteiger partial charge in [-0.15, -0.1) is 0 Å². The quantitative estimate of drug-likeness (QED) is 0.341. The molecule has 1 N–H and O–H groups in total. The Morgan fingerprint density at radius 2 is 1.82 bits per heavy atom. The molecule has 4 aromatic rings. The summed E-state index contributed by atoms with van der Waals surface area (Å²) in [6.45, 7) is 5.85. The van der Waals surface area contributed by atoms with Crippen LogP contribution in [0.25, 0.3) is 22.3 Å². The summed E-state index contributed by atoms with van der Waals surface area (Å²) in [5.41, 5.74) is 2.19. The third-order valence-electron chi connectivity index (χ3n) is 5.23. The summed E-state index contributed by atoms with van der Waals surface area (Å²) in [4.78, 5) is 26.4. The van der Waals surface area contributed by atoms with Crippen molar-refractivity contribution in [3.8, 4) is 22.8 Å². The van der Waals surface area contributed by atoms with Gasteiger partial charge in [0.25, 0.3) is 5.91 Å². The molecular weight excluding hydrogens is 454 g/mol. The van der Waals surface area contributed by atoms with E-state index in [2.05, 4.69) is 5.32 Å². The zero-order valence-electron chi connectivity index (χ0n) is 19.1. The summed E-state index contributed by atoms with van der Waals surface area (Å²) in [5.74, 6) is 0.298. The minimum atomic E-state index is -1.00. The molecule has 1 amide bonds. The molecule has 0 saturated heterocycles. The van der Waals surface area contributed by atoms with Gasteiger partial charge in [-0.3, -0.25) is 9.59 Å². The van der Waals surface area contributed by atoms with Gasteiger partial charge < -0.3 is 19.2 Å². The third kappa shape index (κ3) is 4.92. The number of benzene rings is 3. The van der Waals surface area contributed by atoms with Crippen LogP contribution in [0.1, 0.15) is 19.4 Å². The van der Waals surface area contributed by atoms with E-state index >= 15 is 0 Å². The number of fused-ring (bicyclic) bond motifs is 1. The van der Waals surface area contributed by atoms with Gasteiger partial charge in [-0.1, -0.05) is 53.6 Å². The van der Waals surface area contributed by atoms with Gasteiger partial charge in [-0.2, -0.15) is 0 Å². The summed E-state index contributed by atoms with van der Waals surface area (Å²) in [6, 6.07) is 19.4. The van der Waals surface area contributed by atoms with Crippen LogP contribution in [0.15, 0.2) is 75.9 Å². The van der Waals surface area contributed by atoms with Gasteiger partial charge in [0.05, 0.1) is 17.7 Å². The molecule has 0 bridgehead atoms.